The molecular formula is C11H8F2N2O3. The van der Waals surface area contributed by atoms with Crippen molar-refractivity contribution >= 4 is 5.88 Å². The SMILES string of the molecule is Nc1oncc1-c1cc2c(cc1C(F)F)OCO2. The van der Waals surface area contributed by atoms with E-state index in [1.165, 1.54) is 18.3 Å². The molecule has 0 aliphatic carbocycles. The molecule has 5 nitrogen and oxygen atoms in total. The Kier molecular flexibility index (Phi) is 2.32. The maximum absolute atomic E-state index is 13.0. The van der Waals surface area contributed by atoms with Gasteiger partial charge >= 0.3 is 0 Å². The van der Waals surface area contributed by atoms with Gasteiger partial charge in [0.1, 0.15) is 0 Å². The molecule has 7 heteroatoms. The van der Waals surface area contributed by atoms with Crippen molar-refractivity contribution in [2.75, 3.05) is 12.5 Å². The Morgan fingerprint density at radius 2 is 1.89 bits per heavy atom. The molecule has 0 radical (unpaired) electrons. The van der Waals surface area contributed by atoms with Gasteiger partial charge in [-0.05, 0) is 12.1 Å². The number of hydrogen-bond donors (Lipinski definition) is 1. The predicted octanol–water partition coefficient (Wildman–Crippen LogP) is 2.59. The lowest BCUT2D eigenvalue weighted by atomic mass is 10.0. The van der Waals surface area contributed by atoms with Gasteiger partial charge in [0.05, 0.1) is 11.8 Å². The third-order valence-electron chi connectivity index (χ3n) is 2.67. The first kappa shape index (κ1) is 10.8. The highest BCUT2D eigenvalue weighted by molar-refractivity contribution is 5.77. The molecule has 0 bridgehead atoms. The normalized spacial score (nSPS) is 13.3. The molecular weight excluding hydrogens is 246 g/mol. The van der Waals surface area contributed by atoms with Gasteiger partial charge in [-0.25, -0.2) is 8.78 Å². The third-order valence-corrected chi connectivity index (χ3v) is 2.67. The Bertz CT molecular complexity index is 598. The number of ether oxygens (including phenoxy) is 2. The monoisotopic (exact) mass is 254 g/mol. The number of aromatic nitrogens is 1. The molecule has 2 heterocycles. The van der Waals surface area contributed by atoms with E-state index in [9.17, 15) is 8.78 Å². The van der Waals surface area contributed by atoms with E-state index >= 15 is 0 Å². The van der Waals surface area contributed by atoms with Gasteiger partial charge in [0.15, 0.2) is 11.5 Å². The highest BCUT2D eigenvalue weighted by atomic mass is 19.3. The Labute approximate surface area is 100 Å². The summed E-state index contributed by atoms with van der Waals surface area (Å²) in [5, 5.41) is 3.48. The van der Waals surface area contributed by atoms with Gasteiger partial charge in [0.25, 0.3) is 6.43 Å². The second-order valence-electron chi connectivity index (χ2n) is 3.70. The molecule has 2 aromatic rings. The van der Waals surface area contributed by atoms with Crippen LogP contribution in [0.15, 0.2) is 22.9 Å². The van der Waals surface area contributed by atoms with Crippen LogP contribution in [0.4, 0.5) is 14.7 Å². The van der Waals surface area contributed by atoms with Gasteiger partial charge in [0.2, 0.25) is 12.7 Å². The van der Waals surface area contributed by atoms with Crippen molar-refractivity contribution in [3.63, 3.8) is 0 Å². The van der Waals surface area contributed by atoms with E-state index in [2.05, 4.69) is 9.68 Å². The van der Waals surface area contributed by atoms with Crippen LogP contribution in [-0.2, 0) is 0 Å². The molecule has 2 N–H and O–H groups in total. The van der Waals surface area contributed by atoms with Crippen LogP contribution in [0.25, 0.3) is 11.1 Å². The molecule has 0 saturated carbocycles. The first-order valence-electron chi connectivity index (χ1n) is 5.09. The van der Waals surface area contributed by atoms with Crippen LogP contribution in [0.5, 0.6) is 11.5 Å². The Morgan fingerprint density at radius 3 is 2.50 bits per heavy atom. The highest BCUT2D eigenvalue weighted by Crippen LogP contribution is 2.43. The first-order valence-corrected chi connectivity index (χ1v) is 5.09. The molecule has 0 saturated heterocycles. The van der Waals surface area contributed by atoms with E-state index in [1.54, 1.807) is 0 Å². The van der Waals surface area contributed by atoms with Gasteiger partial charge in [0, 0.05) is 11.1 Å². The zero-order valence-electron chi connectivity index (χ0n) is 9.02. The lowest BCUT2D eigenvalue weighted by molar-refractivity contribution is 0.151. The van der Waals surface area contributed by atoms with E-state index in [-0.39, 0.29) is 23.8 Å². The maximum Gasteiger partial charge on any atom is 0.264 e. The fraction of sp³-hybridized carbons (Fsp3) is 0.182. The van der Waals surface area contributed by atoms with Crippen molar-refractivity contribution in [2.45, 2.75) is 6.43 Å². The molecule has 0 unspecified atom stereocenters. The molecule has 1 aromatic heterocycles. The van der Waals surface area contributed by atoms with Crippen LogP contribution in [0, 0.1) is 0 Å². The lowest BCUT2D eigenvalue weighted by Crippen LogP contribution is -1.93. The van der Waals surface area contributed by atoms with E-state index in [4.69, 9.17) is 15.2 Å². The van der Waals surface area contributed by atoms with Crippen LogP contribution in [-0.4, -0.2) is 11.9 Å². The van der Waals surface area contributed by atoms with Crippen molar-refractivity contribution < 1.29 is 22.8 Å². The summed E-state index contributed by atoms with van der Waals surface area (Å²) < 4.78 is 41.0. The Balaban J connectivity index is 2.21. The summed E-state index contributed by atoms with van der Waals surface area (Å²) in [5.74, 6) is 0.676. The van der Waals surface area contributed by atoms with Crippen LogP contribution >= 0.6 is 0 Å². The van der Waals surface area contributed by atoms with E-state index in [1.807, 2.05) is 0 Å². The molecule has 1 aliphatic rings. The van der Waals surface area contributed by atoms with Crippen molar-refractivity contribution in [1.29, 1.82) is 0 Å². The van der Waals surface area contributed by atoms with Crippen LogP contribution in [0.2, 0.25) is 0 Å². The zero-order valence-corrected chi connectivity index (χ0v) is 9.02. The fourth-order valence-corrected chi connectivity index (χ4v) is 1.82. The summed E-state index contributed by atoms with van der Waals surface area (Å²) in [6.45, 7) is 0.0145. The second kappa shape index (κ2) is 3.86. The van der Waals surface area contributed by atoms with Crippen molar-refractivity contribution in [3.05, 3.63) is 23.9 Å². The number of nitrogens with two attached hydrogens (primary N) is 1. The Hall–Kier alpha value is -2.31. The molecule has 0 atom stereocenters. The minimum Gasteiger partial charge on any atom is -0.454 e. The molecule has 0 amide bonds. The van der Waals surface area contributed by atoms with E-state index in [0.717, 1.165) is 0 Å². The molecule has 18 heavy (non-hydrogen) atoms. The van der Waals surface area contributed by atoms with E-state index in [0.29, 0.717) is 17.1 Å². The Morgan fingerprint density at radius 1 is 1.17 bits per heavy atom. The van der Waals surface area contributed by atoms with Crippen molar-refractivity contribution in [3.8, 4) is 22.6 Å². The topological polar surface area (TPSA) is 70.5 Å². The summed E-state index contributed by atoms with van der Waals surface area (Å²) in [5.41, 5.74) is 5.88. The summed E-state index contributed by atoms with van der Waals surface area (Å²) in [7, 11) is 0. The summed E-state index contributed by atoms with van der Waals surface area (Å²) in [4.78, 5) is 0. The number of rotatable bonds is 2. The fourth-order valence-electron chi connectivity index (χ4n) is 1.82. The minimum atomic E-state index is -2.66. The standard InChI is InChI=1S/C11H8F2N2O3/c12-10(13)6-2-9-8(16-4-17-9)1-5(6)7-3-15-18-11(7)14/h1-3,10H,4,14H2. The van der Waals surface area contributed by atoms with Gasteiger partial charge in [-0.15, -0.1) is 0 Å². The highest BCUT2D eigenvalue weighted by Gasteiger charge is 2.24. The number of hydrogen-bond acceptors (Lipinski definition) is 5. The average Bonchev–Trinajstić information content (AvgIpc) is 2.94. The summed E-state index contributed by atoms with van der Waals surface area (Å²) in [6.07, 6.45) is -1.37. The quantitative estimate of drug-likeness (QED) is 0.891. The molecule has 94 valence electrons. The molecule has 1 aromatic carbocycles. The first-order chi connectivity index (χ1) is 8.66. The number of benzene rings is 1. The zero-order chi connectivity index (χ0) is 12.7. The number of nitrogens with zero attached hydrogens (tertiary/aromatic N) is 1. The van der Waals surface area contributed by atoms with Crippen molar-refractivity contribution in [2.24, 2.45) is 0 Å². The molecule has 1 aliphatic heterocycles. The number of alkyl halides is 2. The smallest absolute Gasteiger partial charge is 0.264 e. The van der Waals surface area contributed by atoms with E-state index < -0.39 is 6.43 Å². The molecule has 0 spiro atoms. The van der Waals surface area contributed by atoms with Gasteiger partial charge in [-0.1, -0.05) is 5.16 Å². The second-order valence-corrected chi connectivity index (χ2v) is 3.70. The number of fused-ring (bicyclic) bond motifs is 1. The largest absolute Gasteiger partial charge is 0.454 e. The van der Waals surface area contributed by atoms with Crippen LogP contribution < -0.4 is 15.2 Å². The minimum absolute atomic E-state index is 0.0145. The van der Waals surface area contributed by atoms with Crippen LogP contribution in [0.1, 0.15) is 12.0 Å². The maximum atomic E-state index is 13.0. The van der Waals surface area contributed by atoms with Crippen molar-refractivity contribution in [1.82, 2.24) is 5.16 Å². The average molecular weight is 254 g/mol. The number of anilines is 1. The van der Waals surface area contributed by atoms with Gasteiger partial charge in [-0.2, -0.15) is 0 Å². The molecule has 3 rings (SSSR count). The van der Waals surface area contributed by atoms with Gasteiger partial charge < -0.3 is 19.7 Å². The predicted molar refractivity (Wildman–Crippen MR) is 57.4 cm³/mol. The van der Waals surface area contributed by atoms with Gasteiger partial charge in [-0.3, -0.25) is 0 Å². The number of nitrogen functional groups attached to an aromatic ring is 1. The number of halogens is 2. The summed E-state index contributed by atoms with van der Waals surface area (Å²) in [6, 6.07) is 2.70. The van der Waals surface area contributed by atoms with Crippen LogP contribution in [0.3, 0.4) is 0 Å². The lowest BCUT2D eigenvalue weighted by Gasteiger charge is -2.08. The third kappa shape index (κ3) is 1.55. The summed E-state index contributed by atoms with van der Waals surface area (Å²) >= 11 is 0. The molecule has 0 fully saturated rings.